The van der Waals surface area contributed by atoms with Gasteiger partial charge in [-0.05, 0) is 6.07 Å². The number of hydrogen-bond acceptors (Lipinski definition) is 4. The molecule has 1 aliphatic rings. The van der Waals surface area contributed by atoms with E-state index in [9.17, 15) is 13.6 Å². The molecule has 2 rings (SSSR count). The fraction of sp³-hybridized carbons (Fsp3) is 0.556. The highest BCUT2D eigenvalue weighted by Gasteiger charge is 2.67. The molecule has 1 aliphatic carbocycles. The standard InChI is InChI=1S/C9H11F2N3O2/c10-9(11)5(6(9)4-15)3-14-2-1-7(12)13-8(14)16/h1-2,5-6,15H,3-4H2,(H2,12,13,16). The van der Waals surface area contributed by atoms with Crippen molar-refractivity contribution in [3.8, 4) is 0 Å². The van der Waals surface area contributed by atoms with Gasteiger partial charge in [0.05, 0.1) is 18.4 Å². The van der Waals surface area contributed by atoms with Crippen molar-refractivity contribution in [2.45, 2.75) is 12.5 Å². The van der Waals surface area contributed by atoms with Crippen LogP contribution in [0.2, 0.25) is 0 Å². The minimum absolute atomic E-state index is 0.0579. The number of aliphatic hydroxyl groups excluding tert-OH is 1. The zero-order valence-electron chi connectivity index (χ0n) is 8.31. The first-order valence-electron chi connectivity index (χ1n) is 4.78. The summed E-state index contributed by atoms with van der Waals surface area (Å²) in [5, 5.41) is 8.70. The summed E-state index contributed by atoms with van der Waals surface area (Å²) in [6.45, 7) is -0.723. The molecule has 0 aromatic carbocycles. The molecule has 5 nitrogen and oxygen atoms in total. The van der Waals surface area contributed by atoms with Crippen molar-refractivity contribution in [3.05, 3.63) is 22.7 Å². The maximum atomic E-state index is 13.0. The van der Waals surface area contributed by atoms with Gasteiger partial charge in [0.2, 0.25) is 0 Å². The van der Waals surface area contributed by atoms with Crippen molar-refractivity contribution < 1.29 is 13.9 Å². The van der Waals surface area contributed by atoms with Gasteiger partial charge in [-0.1, -0.05) is 0 Å². The fourth-order valence-corrected chi connectivity index (χ4v) is 1.75. The quantitative estimate of drug-likeness (QED) is 0.748. The first-order valence-corrected chi connectivity index (χ1v) is 4.78. The Balaban J connectivity index is 2.15. The summed E-state index contributed by atoms with van der Waals surface area (Å²) in [5.41, 5.74) is 4.61. The van der Waals surface area contributed by atoms with E-state index in [-0.39, 0.29) is 12.4 Å². The average Bonchev–Trinajstić information content (AvgIpc) is 2.72. The molecule has 0 radical (unpaired) electrons. The van der Waals surface area contributed by atoms with Gasteiger partial charge in [0, 0.05) is 12.7 Å². The van der Waals surface area contributed by atoms with Crippen molar-refractivity contribution in [1.82, 2.24) is 9.55 Å². The minimum Gasteiger partial charge on any atom is -0.396 e. The van der Waals surface area contributed by atoms with E-state index in [1.165, 1.54) is 12.3 Å². The Kier molecular flexibility index (Phi) is 2.42. The third-order valence-corrected chi connectivity index (χ3v) is 2.85. The van der Waals surface area contributed by atoms with Gasteiger partial charge in [-0.3, -0.25) is 4.57 Å². The van der Waals surface area contributed by atoms with E-state index in [2.05, 4.69) is 4.98 Å². The van der Waals surface area contributed by atoms with Crippen LogP contribution >= 0.6 is 0 Å². The van der Waals surface area contributed by atoms with Gasteiger partial charge in [-0.15, -0.1) is 0 Å². The lowest BCUT2D eigenvalue weighted by atomic mass is 10.3. The molecule has 0 bridgehead atoms. The van der Waals surface area contributed by atoms with Gasteiger partial charge in [0.15, 0.2) is 0 Å². The first-order chi connectivity index (χ1) is 7.46. The number of anilines is 1. The van der Waals surface area contributed by atoms with Crippen molar-refractivity contribution in [2.24, 2.45) is 11.8 Å². The third kappa shape index (κ3) is 1.67. The van der Waals surface area contributed by atoms with Gasteiger partial charge in [0.25, 0.3) is 5.92 Å². The minimum atomic E-state index is -2.89. The average molecular weight is 231 g/mol. The number of aliphatic hydroxyl groups is 1. The Labute approximate surface area is 89.5 Å². The maximum Gasteiger partial charge on any atom is 0.349 e. The maximum absolute atomic E-state index is 13.0. The predicted molar refractivity (Wildman–Crippen MR) is 51.9 cm³/mol. The summed E-state index contributed by atoms with van der Waals surface area (Å²) in [6.07, 6.45) is 1.33. The Bertz CT molecular complexity index is 460. The second kappa shape index (κ2) is 3.51. The normalized spacial score (nSPS) is 26.7. The Morgan fingerprint density at radius 2 is 2.25 bits per heavy atom. The van der Waals surface area contributed by atoms with Gasteiger partial charge in [-0.2, -0.15) is 4.98 Å². The monoisotopic (exact) mass is 231 g/mol. The highest BCUT2D eigenvalue weighted by Crippen LogP contribution is 2.55. The largest absolute Gasteiger partial charge is 0.396 e. The summed E-state index contributed by atoms with van der Waals surface area (Å²) in [7, 11) is 0. The molecule has 0 amide bonds. The van der Waals surface area contributed by atoms with Crippen molar-refractivity contribution >= 4 is 5.82 Å². The molecule has 88 valence electrons. The lowest BCUT2D eigenvalue weighted by molar-refractivity contribution is 0.0701. The lowest BCUT2D eigenvalue weighted by Crippen LogP contribution is -2.24. The van der Waals surface area contributed by atoms with Crippen LogP contribution in [0.25, 0.3) is 0 Å². The molecule has 1 saturated carbocycles. The van der Waals surface area contributed by atoms with Gasteiger partial charge in [-0.25, -0.2) is 13.6 Å². The van der Waals surface area contributed by atoms with Crippen LogP contribution in [0.5, 0.6) is 0 Å². The van der Waals surface area contributed by atoms with Gasteiger partial charge in [0.1, 0.15) is 5.82 Å². The highest BCUT2D eigenvalue weighted by atomic mass is 19.3. The zero-order valence-corrected chi connectivity index (χ0v) is 8.31. The summed E-state index contributed by atoms with van der Waals surface area (Å²) in [5.74, 6) is -4.89. The Morgan fingerprint density at radius 3 is 2.75 bits per heavy atom. The van der Waals surface area contributed by atoms with Crippen LogP contribution in [0.4, 0.5) is 14.6 Å². The number of halogens is 2. The van der Waals surface area contributed by atoms with Gasteiger partial charge >= 0.3 is 5.69 Å². The molecule has 0 aliphatic heterocycles. The number of hydrogen-bond donors (Lipinski definition) is 2. The molecule has 1 aromatic rings. The predicted octanol–water partition coefficient (Wildman–Crippen LogP) is -0.301. The SMILES string of the molecule is Nc1ccn(CC2C(CO)C2(F)F)c(=O)n1. The summed E-state index contributed by atoms with van der Waals surface area (Å²) in [6, 6.07) is 1.37. The molecule has 1 heterocycles. The smallest absolute Gasteiger partial charge is 0.349 e. The molecule has 16 heavy (non-hydrogen) atoms. The number of aromatic nitrogens is 2. The first kappa shape index (κ1) is 11.0. The third-order valence-electron chi connectivity index (χ3n) is 2.85. The van der Waals surface area contributed by atoms with Crippen LogP contribution in [-0.2, 0) is 6.54 Å². The van der Waals surface area contributed by atoms with Crippen LogP contribution in [0.1, 0.15) is 0 Å². The lowest BCUT2D eigenvalue weighted by Gasteiger charge is -2.03. The van der Waals surface area contributed by atoms with E-state index in [1.54, 1.807) is 0 Å². The molecule has 2 atom stereocenters. The number of nitrogens with zero attached hydrogens (tertiary/aromatic N) is 2. The van der Waals surface area contributed by atoms with Crippen LogP contribution in [0, 0.1) is 11.8 Å². The highest BCUT2D eigenvalue weighted by molar-refractivity contribution is 5.23. The number of nitrogens with two attached hydrogens (primary N) is 1. The van der Waals surface area contributed by atoms with E-state index in [0.29, 0.717) is 0 Å². The Hall–Kier alpha value is -1.50. The summed E-state index contributed by atoms with van der Waals surface area (Å²) < 4.78 is 27.1. The van der Waals surface area contributed by atoms with Crippen LogP contribution < -0.4 is 11.4 Å². The van der Waals surface area contributed by atoms with Crippen LogP contribution in [-0.4, -0.2) is 27.2 Å². The topological polar surface area (TPSA) is 81.1 Å². The molecule has 1 aromatic heterocycles. The second-order valence-corrected chi connectivity index (χ2v) is 3.86. The molecule has 0 spiro atoms. The van der Waals surface area contributed by atoms with Gasteiger partial charge < -0.3 is 10.8 Å². The van der Waals surface area contributed by atoms with Crippen molar-refractivity contribution in [1.29, 1.82) is 0 Å². The Morgan fingerprint density at radius 1 is 1.56 bits per heavy atom. The molecule has 0 saturated heterocycles. The molecule has 2 unspecified atom stereocenters. The summed E-state index contributed by atoms with van der Waals surface area (Å²) in [4.78, 5) is 14.7. The van der Waals surface area contributed by atoms with Crippen molar-refractivity contribution in [3.63, 3.8) is 0 Å². The molecular weight excluding hydrogens is 220 g/mol. The van der Waals surface area contributed by atoms with Crippen molar-refractivity contribution in [2.75, 3.05) is 12.3 Å². The number of nitrogen functional groups attached to an aromatic ring is 1. The molecule has 3 N–H and O–H groups in total. The fourth-order valence-electron chi connectivity index (χ4n) is 1.75. The molecular formula is C9H11F2N3O2. The molecule has 7 heteroatoms. The van der Waals surface area contributed by atoms with E-state index >= 15 is 0 Å². The number of alkyl halides is 2. The van der Waals surface area contributed by atoms with Crippen LogP contribution in [0.3, 0.4) is 0 Å². The molecule has 1 fully saturated rings. The second-order valence-electron chi connectivity index (χ2n) is 3.86. The van der Waals surface area contributed by atoms with E-state index in [4.69, 9.17) is 10.8 Å². The summed E-state index contributed by atoms with van der Waals surface area (Å²) >= 11 is 0. The number of rotatable bonds is 3. The zero-order chi connectivity index (χ0) is 11.9. The van der Waals surface area contributed by atoms with Crippen LogP contribution in [0.15, 0.2) is 17.1 Å². The van der Waals surface area contributed by atoms with E-state index in [1.807, 2.05) is 0 Å². The van der Waals surface area contributed by atoms with E-state index in [0.717, 1.165) is 4.57 Å². The van der Waals surface area contributed by atoms with E-state index < -0.39 is 30.1 Å².